The Kier molecular flexibility index (Phi) is 6.84. The third-order valence-electron chi connectivity index (χ3n) is 6.92. The lowest BCUT2D eigenvalue weighted by molar-refractivity contribution is -0.122. The van der Waals surface area contributed by atoms with E-state index < -0.39 is 0 Å². The first-order chi connectivity index (χ1) is 19.8. The van der Waals surface area contributed by atoms with Crippen LogP contribution in [0.1, 0.15) is 28.5 Å². The van der Waals surface area contributed by atoms with E-state index in [2.05, 4.69) is 4.98 Å². The quantitative estimate of drug-likeness (QED) is 0.240. The van der Waals surface area contributed by atoms with Crippen molar-refractivity contribution in [2.45, 2.75) is 27.3 Å². The van der Waals surface area contributed by atoms with Gasteiger partial charge in [-0.3, -0.25) is 19.2 Å². The number of thioether (sulfide) groups is 1. The fourth-order valence-corrected chi connectivity index (χ4v) is 5.89. The number of furan rings is 1. The predicted octanol–water partition coefficient (Wildman–Crippen LogP) is 5.84. The molecular weight excluding hydrogens is 538 g/mol. The van der Waals surface area contributed by atoms with Crippen molar-refractivity contribution in [1.82, 2.24) is 19.2 Å². The third-order valence-corrected chi connectivity index (χ3v) is 7.92. The largest absolute Gasteiger partial charge is 0.497 e. The molecule has 6 rings (SSSR count). The molecular formula is C31H27N5O4S. The first-order valence-electron chi connectivity index (χ1n) is 13.0. The minimum atomic E-state index is -0.177. The highest BCUT2D eigenvalue weighted by molar-refractivity contribution is 8.18. The molecule has 2 aromatic carbocycles. The van der Waals surface area contributed by atoms with Crippen molar-refractivity contribution < 1.29 is 13.9 Å². The normalized spacial score (nSPS) is 15.5. The van der Waals surface area contributed by atoms with Gasteiger partial charge in [0, 0.05) is 11.4 Å². The van der Waals surface area contributed by atoms with E-state index in [1.807, 2.05) is 86.1 Å². The molecule has 0 saturated carbocycles. The number of ether oxygens (including phenoxy) is 1. The number of benzene rings is 2. The molecule has 9 nitrogen and oxygen atoms in total. The second-order valence-electron chi connectivity index (χ2n) is 9.61. The van der Waals surface area contributed by atoms with Gasteiger partial charge in [-0.1, -0.05) is 12.1 Å². The number of para-hydroxylation sites is 1. The van der Waals surface area contributed by atoms with Gasteiger partial charge in [0.2, 0.25) is 0 Å². The molecule has 0 bridgehead atoms. The molecule has 0 aliphatic carbocycles. The zero-order valence-corrected chi connectivity index (χ0v) is 23.8. The summed E-state index contributed by atoms with van der Waals surface area (Å²) in [4.78, 5) is 38.7. The fourth-order valence-electron chi connectivity index (χ4n) is 4.90. The van der Waals surface area contributed by atoms with Gasteiger partial charge in [-0.05, 0) is 98.8 Å². The lowest BCUT2D eigenvalue weighted by Crippen LogP contribution is -2.30. The number of carbonyl (C=O) groups is 1. The minimum absolute atomic E-state index is 0.154. The molecule has 1 aliphatic rings. The lowest BCUT2D eigenvalue weighted by atomic mass is 10.2. The number of fused-ring (bicyclic) bond motifs is 1. The predicted molar refractivity (Wildman–Crippen MR) is 160 cm³/mol. The summed E-state index contributed by atoms with van der Waals surface area (Å²) in [5, 5.41) is 1.09. The van der Waals surface area contributed by atoms with Crippen LogP contribution in [-0.2, 0) is 11.3 Å². The average molecular weight is 566 g/mol. The number of methoxy groups -OCH3 is 1. The van der Waals surface area contributed by atoms with Gasteiger partial charge in [0.25, 0.3) is 11.5 Å². The van der Waals surface area contributed by atoms with Crippen LogP contribution in [0.5, 0.6) is 5.75 Å². The van der Waals surface area contributed by atoms with E-state index >= 15 is 0 Å². The van der Waals surface area contributed by atoms with E-state index in [9.17, 15) is 9.59 Å². The van der Waals surface area contributed by atoms with E-state index in [-0.39, 0.29) is 18.0 Å². The van der Waals surface area contributed by atoms with Gasteiger partial charge in [-0.15, -0.1) is 0 Å². The Labute approximate surface area is 240 Å². The summed E-state index contributed by atoms with van der Waals surface area (Å²) in [6.07, 6.45) is 3.44. The van der Waals surface area contributed by atoms with Crippen LogP contribution in [0.25, 0.3) is 17.0 Å². The molecule has 1 amide bonds. The first-order valence-corrected chi connectivity index (χ1v) is 13.8. The van der Waals surface area contributed by atoms with Gasteiger partial charge >= 0.3 is 0 Å². The summed E-state index contributed by atoms with van der Waals surface area (Å²) in [5.41, 5.74) is 3.67. The summed E-state index contributed by atoms with van der Waals surface area (Å²) in [6, 6.07) is 20.2. The highest BCUT2D eigenvalue weighted by Crippen LogP contribution is 2.36. The number of hydrogen-bond donors (Lipinski definition) is 0. The highest BCUT2D eigenvalue weighted by atomic mass is 32.2. The van der Waals surface area contributed by atoms with Gasteiger partial charge in [0.15, 0.2) is 5.17 Å². The second kappa shape index (κ2) is 10.6. The van der Waals surface area contributed by atoms with Crippen LogP contribution in [0.4, 0.5) is 5.69 Å². The Bertz CT molecular complexity index is 1900. The SMILES string of the molecule is COc1ccc(N=C2SC(=Cc3cc(C)n(-n4c(C)nc5ccccc5c4=O)c3C)C(=O)N2Cc2ccco2)cc1. The van der Waals surface area contributed by atoms with Crippen LogP contribution in [0, 0.1) is 20.8 Å². The van der Waals surface area contributed by atoms with Gasteiger partial charge < -0.3 is 9.15 Å². The summed E-state index contributed by atoms with van der Waals surface area (Å²) >= 11 is 1.30. The van der Waals surface area contributed by atoms with E-state index in [1.165, 1.54) is 11.8 Å². The number of amides is 1. The Hall–Kier alpha value is -4.83. The molecule has 1 saturated heterocycles. The Morgan fingerprint density at radius 2 is 1.78 bits per heavy atom. The van der Waals surface area contributed by atoms with Crippen LogP contribution in [0.15, 0.2) is 92.1 Å². The molecule has 1 fully saturated rings. The lowest BCUT2D eigenvalue weighted by Gasteiger charge is -2.16. The van der Waals surface area contributed by atoms with E-state index in [0.29, 0.717) is 38.2 Å². The number of aromatic nitrogens is 3. The van der Waals surface area contributed by atoms with Gasteiger partial charge in [-0.25, -0.2) is 9.98 Å². The van der Waals surface area contributed by atoms with Crippen molar-refractivity contribution >= 4 is 45.5 Å². The number of nitrogens with zero attached hydrogens (tertiary/aromatic N) is 5. The smallest absolute Gasteiger partial charge is 0.280 e. The van der Waals surface area contributed by atoms with Gasteiger partial charge in [0.1, 0.15) is 17.3 Å². The Morgan fingerprint density at radius 1 is 1.00 bits per heavy atom. The summed E-state index contributed by atoms with van der Waals surface area (Å²) in [7, 11) is 1.61. The number of amidine groups is 1. The topological polar surface area (TPSA) is 94.9 Å². The highest BCUT2D eigenvalue weighted by Gasteiger charge is 2.34. The molecule has 206 valence electrons. The molecule has 0 N–H and O–H groups in total. The molecule has 41 heavy (non-hydrogen) atoms. The zero-order chi connectivity index (χ0) is 28.7. The van der Waals surface area contributed by atoms with Crippen LogP contribution in [0.2, 0.25) is 0 Å². The van der Waals surface area contributed by atoms with Crippen LogP contribution in [-0.4, -0.2) is 37.4 Å². The maximum atomic E-state index is 13.7. The zero-order valence-electron chi connectivity index (χ0n) is 23.0. The molecule has 0 unspecified atom stereocenters. The van der Waals surface area contributed by atoms with Crippen molar-refractivity contribution in [3.8, 4) is 5.75 Å². The number of aryl methyl sites for hydroxylation is 2. The minimum Gasteiger partial charge on any atom is -0.497 e. The summed E-state index contributed by atoms with van der Waals surface area (Å²) in [6.45, 7) is 5.92. The number of carbonyl (C=O) groups excluding carboxylic acids is 1. The number of aliphatic imine (C=N–C) groups is 1. The van der Waals surface area contributed by atoms with Gasteiger partial charge in [-0.2, -0.15) is 4.68 Å². The number of hydrogen-bond acceptors (Lipinski definition) is 7. The Morgan fingerprint density at radius 3 is 2.51 bits per heavy atom. The molecule has 0 radical (unpaired) electrons. The standard InChI is InChI=1S/C31H27N5O4S/c1-19-16-22(20(2)35(19)36-21(3)32-27-10-6-5-9-26(27)29(36)37)17-28-30(38)34(18-25-8-7-15-40-25)31(41-28)33-23-11-13-24(39-4)14-12-23/h5-17H,18H2,1-4H3. The van der Waals surface area contributed by atoms with Crippen molar-refractivity contribution in [1.29, 1.82) is 0 Å². The average Bonchev–Trinajstić information content (AvgIpc) is 3.66. The summed E-state index contributed by atoms with van der Waals surface area (Å²) < 4.78 is 14.2. The summed E-state index contributed by atoms with van der Waals surface area (Å²) in [5.74, 6) is 1.77. The van der Waals surface area contributed by atoms with Crippen molar-refractivity contribution in [3.63, 3.8) is 0 Å². The molecule has 0 spiro atoms. The van der Waals surface area contributed by atoms with Crippen molar-refractivity contribution in [2.24, 2.45) is 4.99 Å². The molecule has 10 heteroatoms. The van der Waals surface area contributed by atoms with Crippen molar-refractivity contribution in [3.05, 3.63) is 117 Å². The van der Waals surface area contributed by atoms with E-state index in [4.69, 9.17) is 14.1 Å². The number of rotatable bonds is 6. The van der Waals surface area contributed by atoms with E-state index in [1.54, 1.807) is 35.1 Å². The first kappa shape index (κ1) is 26.4. The third kappa shape index (κ3) is 4.87. The van der Waals surface area contributed by atoms with Crippen molar-refractivity contribution in [2.75, 3.05) is 7.11 Å². The molecule has 0 atom stereocenters. The maximum absolute atomic E-state index is 13.7. The van der Waals surface area contributed by atoms with Crippen LogP contribution >= 0.6 is 11.8 Å². The maximum Gasteiger partial charge on any atom is 0.280 e. The second-order valence-corrected chi connectivity index (χ2v) is 10.6. The van der Waals surface area contributed by atoms with E-state index in [0.717, 1.165) is 22.7 Å². The van der Waals surface area contributed by atoms with Crippen LogP contribution < -0.4 is 10.3 Å². The molecule has 4 heterocycles. The van der Waals surface area contributed by atoms with Crippen LogP contribution in [0.3, 0.4) is 0 Å². The fraction of sp³-hybridized carbons (Fsp3) is 0.161. The van der Waals surface area contributed by atoms with Gasteiger partial charge in [0.05, 0.1) is 41.4 Å². The molecule has 3 aromatic heterocycles. The molecule has 1 aliphatic heterocycles. The molecule has 5 aromatic rings. The monoisotopic (exact) mass is 565 g/mol. The Balaban J connectivity index is 1.41.